The maximum absolute atomic E-state index is 13.1. The van der Waals surface area contributed by atoms with Crippen LogP contribution < -0.4 is 10.2 Å². The van der Waals surface area contributed by atoms with Gasteiger partial charge in [-0.1, -0.05) is 25.1 Å². The molecule has 0 saturated carbocycles. The Morgan fingerprint density at radius 3 is 2.59 bits per heavy atom. The van der Waals surface area contributed by atoms with Gasteiger partial charge in [-0.25, -0.2) is 0 Å². The largest absolute Gasteiger partial charge is 0.329 e. The Hall–Kier alpha value is -3.15. The number of carbonyl (C=O) groups is 3. The van der Waals surface area contributed by atoms with E-state index in [9.17, 15) is 14.4 Å². The summed E-state index contributed by atoms with van der Waals surface area (Å²) in [6.07, 6.45) is 1.49. The first-order valence-corrected chi connectivity index (χ1v) is 9.96. The molecule has 1 N–H and O–H groups in total. The molecule has 1 aliphatic heterocycles. The van der Waals surface area contributed by atoms with Crippen molar-refractivity contribution in [2.75, 3.05) is 29.9 Å². The first-order chi connectivity index (χ1) is 13.9. The lowest BCUT2D eigenvalue weighted by molar-refractivity contribution is -0.117. The summed E-state index contributed by atoms with van der Waals surface area (Å²) in [6.45, 7) is 6.59. The molecule has 0 fully saturated rings. The van der Waals surface area contributed by atoms with Crippen LogP contribution in [0.15, 0.2) is 42.5 Å². The van der Waals surface area contributed by atoms with Gasteiger partial charge in [0.2, 0.25) is 11.8 Å². The minimum atomic E-state index is -0.218. The molecule has 0 unspecified atom stereocenters. The fourth-order valence-corrected chi connectivity index (χ4v) is 3.64. The molecular weight excluding hydrogens is 366 g/mol. The molecule has 1 heterocycles. The molecule has 3 amide bonds. The predicted octanol–water partition coefficient (Wildman–Crippen LogP) is 3.39. The van der Waals surface area contributed by atoms with Gasteiger partial charge in [0.25, 0.3) is 5.91 Å². The molecule has 152 valence electrons. The van der Waals surface area contributed by atoms with Gasteiger partial charge < -0.3 is 15.1 Å². The van der Waals surface area contributed by atoms with Crippen molar-refractivity contribution in [3.05, 3.63) is 59.2 Å². The van der Waals surface area contributed by atoms with Crippen LogP contribution >= 0.6 is 0 Å². The molecule has 0 aliphatic carbocycles. The highest BCUT2D eigenvalue weighted by molar-refractivity contribution is 6.01. The van der Waals surface area contributed by atoms with Crippen molar-refractivity contribution in [3.8, 4) is 0 Å². The lowest BCUT2D eigenvalue weighted by Crippen LogP contribution is -2.38. The Morgan fingerprint density at radius 1 is 1.14 bits per heavy atom. The third kappa shape index (κ3) is 4.65. The number of benzene rings is 2. The number of hydrogen-bond donors (Lipinski definition) is 1. The number of rotatable bonds is 6. The Kier molecular flexibility index (Phi) is 6.32. The molecule has 0 saturated heterocycles. The molecule has 3 rings (SSSR count). The van der Waals surface area contributed by atoms with Gasteiger partial charge in [-0.05, 0) is 55.2 Å². The van der Waals surface area contributed by atoms with E-state index < -0.39 is 0 Å². The monoisotopic (exact) mass is 393 g/mol. The summed E-state index contributed by atoms with van der Waals surface area (Å²) in [5.41, 5.74) is 4.14. The fourth-order valence-electron chi connectivity index (χ4n) is 3.64. The highest BCUT2D eigenvalue weighted by Gasteiger charge is 2.25. The zero-order valence-electron chi connectivity index (χ0n) is 17.2. The number of fused-ring (bicyclic) bond motifs is 1. The smallest absolute Gasteiger partial charge is 0.254 e. The number of nitrogens with zero attached hydrogens (tertiary/aromatic N) is 2. The lowest BCUT2D eigenvalue weighted by atomic mass is 10.1. The van der Waals surface area contributed by atoms with Gasteiger partial charge in [0, 0.05) is 37.0 Å². The standard InChI is InChI=1S/C23H27N3O3/c1-4-12-25(15-22(28)24-20-8-6-5-7-16(20)2)23(29)19-9-10-21-18(14-19)11-13-26(21)17(3)27/h5-10,14H,4,11-13,15H2,1-3H3,(H,24,28). The second-order valence-electron chi connectivity index (χ2n) is 7.35. The van der Waals surface area contributed by atoms with Crippen LogP contribution in [0.5, 0.6) is 0 Å². The summed E-state index contributed by atoms with van der Waals surface area (Å²) in [4.78, 5) is 40.6. The second-order valence-corrected chi connectivity index (χ2v) is 7.35. The summed E-state index contributed by atoms with van der Waals surface area (Å²) in [6, 6.07) is 13.0. The number of carbonyl (C=O) groups excluding carboxylic acids is 3. The van der Waals surface area contributed by atoms with Crippen LogP contribution in [0.1, 0.15) is 41.8 Å². The van der Waals surface area contributed by atoms with E-state index in [1.165, 1.54) is 0 Å². The Bertz CT molecular complexity index is 939. The minimum absolute atomic E-state index is 0.00232. The van der Waals surface area contributed by atoms with Crippen molar-refractivity contribution in [3.63, 3.8) is 0 Å². The molecule has 0 radical (unpaired) electrons. The van der Waals surface area contributed by atoms with Crippen molar-refractivity contribution in [2.24, 2.45) is 0 Å². The van der Waals surface area contributed by atoms with Crippen LogP contribution in [0, 0.1) is 6.92 Å². The van der Waals surface area contributed by atoms with Crippen molar-refractivity contribution in [1.29, 1.82) is 0 Å². The number of para-hydroxylation sites is 1. The molecule has 0 bridgehead atoms. The maximum Gasteiger partial charge on any atom is 0.254 e. The first kappa shape index (κ1) is 20.6. The molecule has 2 aromatic rings. The third-order valence-corrected chi connectivity index (χ3v) is 5.14. The van der Waals surface area contributed by atoms with Crippen LogP contribution in [0.4, 0.5) is 11.4 Å². The van der Waals surface area contributed by atoms with Crippen molar-refractivity contribution in [1.82, 2.24) is 4.90 Å². The summed E-state index contributed by atoms with van der Waals surface area (Å²) in [5.74, 6) is -0.385. The van der Waals surface area contributed by atoms with Crippen LogP contribution in [0.2, 0.25) is 0 Å². The van der Waals surface area contributed by atoms with Gasteiger partial charge in [-0.3, -0.25) is 14.4 Å². The van der Waals surface area contributed by atoms with Crippen LogP contribution in [0.3, 0.4) is 0 Å². The van der Waals surface area contributed by atoms with E-state index in [0.717, 1.165) is 35.3 Å². The van der Waals surface area contributed by atoms with Crippen molar-refractivity contribution in [2.45, 2.75) is 33.6 Å². The quantitative estimate of drug-likeness (QED) is 0.818. The van der Waals surface area contributed by atoms with E-state index in [1.54, 1.807) is 22.8 Å². The molecular formula is C23H27N3O3. The van der Waals surface area contributed by atoms with E-state index in [2.05, 4.69) is 5.32 Å². The second kappa shape index (κ2) is 8.90. The Morgan fingerprint density at radius 2 is 1.90 bits per heavy atom. The number of amides is 3. The molecule has 1 aliphatic rings. The summed E-state index contributed by atoms with van der Waals surface area (Å²) in [5, 5.41) is 2.89. The highest BCUT2D eigenvalue weighted by Crippen LogP contribution is 2.29. The van der Waals surface area contributed by atoms with Gasteiger partial charge in [-0.15, -0.1) is 0 Å². The van der Waals surface area contributed by atoms with Crippen LogP contribution in [0.25, 0.3) is 0 Å². The average Bonchev–Trinajstić information content (AvgIpc) is 3.12. The Balaban J connectivity index is 1.74. The van der Waals surface area contributed by atoms with E-state index in [0.29, 0.717) is 18.7 Å². The normalized spacial score (nSPS) is 12.4. The molecule has 6 nitrogen and oxygen atoms in total. The summed E-state index contributed by atoms with van der Waals surface area (Å²) in [7, 11) is 0. The summed E-state index contributed by atoms with van der Waals surface area (Å²) < 4.78 is 0. The van der Waals surface area contributed by atoms with Gasteiger partial charge in [0.15, 0.2) is 0 Å². The zero-order valence-corrected chi connectivity index (χ0v) is 17.2. The van der Waals surface area contributed by atoms with Gasteiger partial charge >= 0.3 is 0 Å². The third-order valence-electron chi connectivity index (χ3n) is 5.14. The number of nitrogens with one attached hydrogen (secondary N) is 1. The molecule has 0 spiro atoms. The fraction of sp³-hybridized carbons (Fsp3) is 0.348. The highest BCUT2D eigenvalue weighted by atomic mass is 16.2. The van der Waals surface area contributed by atoms with E-state index in [1.807, 2.05) is 50.2 Å². The van der Waals surface area contributed by atoms with E-state index >= 15 is 0 Å². The maximum atomic E-state index is 13.1. The topological polar surface area (TPSA) is 69.7 Å². The SMILES string of the molecule is CCCN(CC(=O)Nc1ccccc1C)C(=O)c1ccc2c(c1)CCN2C(C)=O. The Labute approximate surface area is 171 Å². The molecule has 0 atom stereocenters. The molecule has 2 aromatic carbocycles. The molecule has 0 aromatic heterocycles. The van der Waals surface area contributed by atoms with Crippen molar-refractivity contribution < 1.29 is 14.4 Å². The molecule has 29 heavy (non-hydrogen) atoms. The zero-order chi connectivity index (χ0) is 21.0. The van der Waals surface area contributed by atoms with Crippen LogP contribution in [-0.2, 0) is 16.0 Å². The van der Waals surface area contributed by atoms with E-state index in [4.69, 9.17) is 0 Å². The lowest BCUT2D eigenvalue weighted by Gasteiger charge is -2.22. The average molecular weight is 393 g/mol. The van der Waals surface area contributed by atoms with E-state index in [-0.39, 0.29) is 24.3 Å². The van der Waals surface area contributed by atoms with Crippen LogP contribution in [-0.4, -0.2) is 42.3 Å². The summed E-state index contributed by atoms with van der Waals surface area (Å²) >= 11 is 0. The van der Waals surface area contributed by atoms with Gasteiger partial charge in [0.05, 0.1) is 0 Å². The predicted molar refractivity (Wildman–Crippen MR) is 114 cm³/mol. The number of hydrogen-bond acceptors (Lipinski definition) is 3. The molecule has 6 heteroatoms. The van der Waals surface area contributed by atoms with Gasteiger partial charge in [0.1, 0.15) is 6.54 Å². The number of aryl methyl sites for hydroxylation is 1. The number of anilines is 2. The van der Waals surface area contributed by atoms with Crippen molar-refractivity contribution >= 4 is 29.1 Å². The minimum Gasteiger partial charge on any atom is -0.329 e. The van der Waals surface area contributed by atoms with Gasteiger partial charge in [-0.2, -0.15) is 0 Å². The first-order valence-electron chi connectivity index (χ1n) is 9.96.